The zero-order valence-corrected chi connectivity index (χ0v) is 9.90. The molecule has 0 unspecified atom stereocenters. The van der Waals surface area contributed by atoms with Gasteiger partial charge in [-0.1, -0.05) is 6.07 Å². The molecule has 1 rings (SSSR count). The van der Waals surface area contributed by atoms with Crippen LogP contribution in [0.2, 0.25) is 0 Å². The van der Waals surface area contributed by atoms with E-state index in [2.05, 4.69) is 0 Å². The topological polar surface area (TPSA) is 66.6 Å². The van der Waals surface area contributed by atoms with Gasteiger partial charge < -0.3 is 15.7 Å². The van der Waals surface area contributed by atoms with Crippen molar-refractivity contribution in [2.45, 2.75) is 19.4 Å². The number of likely N-dealkylation sites (N-methyl/N-ethyl adjacent to an activating group) is 1. The molecular weight excluding hydrogens is 204 g/mol. The van der Waals surface area contributed by atoms with Crippen molar-refractivity contribution in [1.29, 1.82) is 0 Å². The molecule has 1 amide bonds. The number of aliphatic hydroxyl groups excluding tert-OH is 1. The Hall–Kier alpha value is -1.55. The van der Waals surface area contributed by atoms with E-state index in [-0.39, 0.29) is 12.5 Å². The Morgan fingerprint density at radius 3 is 2.62 bits per heavy atom. The van der Waals surface area contributed by atoms with Gasteiger partial charge in [-0.3, -0.25) is 4.79 Å². The molecule has 0 bridgehead atoms. The average molecular weight is 222 g/mol. The normalized spacial score (nSPS) is 11.2. The van der Waals surface area contributed by atoms with Crippen molar-refractivity contribution in [3.63, 3.8) is 0 Å². The Balaban J connectivity index is 2.95. The second-order valence-electron chi connectivity index (χ2n) is 4.46. The van der Waals surface area contributed by atoms with E-state index in [1.807, 2.05) is 0 Å². The average Bonchev–Trinajstić information content (AvgIpc) is 2.27. The standard InChI is InChI=1S/C12H18N2O2/c1-12(2,8-15)14(3)11(16)9-5-4-6-10(13)7-9/h4-7,15H,8,13H2,1-3H3. The number of nitrogen functional groups attached to an aromatic ring is 1. The molecule has 16 heavy (non-hydrogen) atoms. The van der Waals surface area contributed by atoms with Crippen LogP contribution in [0.5, 0.6) is 0 Å². The van der Waals surface area contributed by atoms with Crippen LogP contribution in [-0.2, 0) is 0 Å². The van der Waals surface area contributed by atoms with Gasteiger partial charge in [-0.05, 0) is 32.0 Å². The van der Waals surface area contributed by atoms with Gasteiger partial charge >= 0.3 is 0 Å². The number of anilines is 1. The second-order valence-corrected chi connectivity index (χ2v) is 4.46. The summed E-state index contributed by atoms with van der Waals surface area (Å²) in [6.45, 7) is 3.52. The highest BCUT2D eigenvalue weighted by atomic mass is 16.3. The van der Waals surface area contributed by atoms with Crippen LogP contribution in [0, 0.1) is 0 Å². The Kier molecular flexibility index (Phi) is 3.55. The van der Waals surface area contributed by atoms with Crippen molar-refractivity contribution >= 4 is 11.6 Å². The Bertz CT molecular complexity index is 388. The first kappa shape index (κ1) is 12.5. The number of carbonyl (C=O) groups excluding carboxylic acids is 1. The number of hydrogen-bond acceptors (Lipinski definition) is 3. The van der Waals surface area contributed by atoms with Crippen molar-refractivity contribution < 1.29 is 9.90 Å². The minimum absolute atomic E-state index is 0.0858. The maximum absolute atomic E-state index is 12.1. The molecule has 0 radical (unpaired) electrons. The van der Waals surface area contributed by atoms with E-state index in [0.29, 0.717) is 11.3 Å². The smallest absolute Gasteiger partial charge is 0.254 e. The summed E-state index contributed by atoms with van der Waals surface area (Å²) >= 11 is 0. The lowest BCUT2D eigenvalue weighted by molar-refractivity contribution is 0.0473. The summed E-state index contributed by atoms with van der Waals surface area (Å²) in [5.41, 5.74) is 6.12. The zero-order valence-electron chi connectivity index (χ0n) is 9.90. The molecule has 0 atom stereocenters. The largest absolute Gasteiger partial charge is 0.399 e. The van der Waals surface area contributed by atoms with Crippen molar-refractivity contribution in [2.24, 2.45) is 0 Å². The number of benzene rings is 1. The van der Waals surface area contributed by atoms with Gasteiger partial charge in [0, 0.05) is 18.3 Å². The van der Waals surface area contributed by atoms with E-state index < -0.39 is 5.54 Å². The summed E-state index contributed by atoms with van der Waals surface area (Å²) < 4.78 is 0. The number of aliphatic hydroxyl groups is 1. The van der Waals surface area contributed by atoms with Crippen LogP contribution in [0.1, 0.15) is 24.2 Å². The van der Waals surface area contributed by atoms with Gasteiger partial charge in [0.25, 0.3) is 5.91 Å². The maximum atomic E-state index is 12.1. The Labute approximate surface area is 95.7 Å². The SMILES string of the molecule is CN(C(=O)c1cccc(N)c1)C(C)(C)CO. The minimum Gasteiger partial charge on any atom is -0.399 e. The molecule has 4 heteroatoms. The molecule has 0 aliphatic heterocycles. The van der Waals surface area contributed by atoms with Crippen molar-refractivity contribution in [2.75, 3.05) is 19.4 Å². The molecule has 0 heterocycles. The third kappa shape index (κ3) is 2.52. The summed E-state index contributed by atoms with van der Waals surface area (Å²) in [5.74, 6) is -0.147. The van der Waals surface area contributed by atoms with Crippen LogP contribution in [-0.4, -0.2) is 35.1 Å². The van der Waals surface area contributed by atoms with Gasteiger partial charge in [-0.2, -0.15) is 0 Å². The number of carbonyl (C=O) groups is 1. The highest BCUT2D eigenvalue weighted by Gasteiger charge is 2.27. The highest BCUT2D eigenvalue weighted by Crippen LogP contribution is 2.16. The minimum atomic E-state index is -0.582. The highest BCUT2D eigenvalue weighted by molar-refractivity contribution is 5.95. The van der Waals surface area contributed by atoms with Crippen molar-refractivity contribution in [3.8, 4) is 0 Å². The molecule has 3 N–H and O–H groups in total. The lowest BCUT2D eigenvalue weighted by Crippen LogP contribution is -2.47. The molecule has 0 spiro atoms. The summed E-state index contributed by atoms with van der Waals surface area (Å²) in [5, 5.41) is 9.20. The van der Waals surface area contributed by atoms with E-state index in [1.165, 1.54) is 4.90 Å². The molecule has 0 saturated heterocycles. The summed E-state index contributed by atoms with van der Waals surface area (Å²) in [4.78, 5) is 13.6. The summed E-state index contributed by atoms with van der Waals surface area (Å²) in [6, 6.07) is 6.81. The molecule has 0 aliphatic rings. The van der Waals surface area contributed by atoms with Gasteiger partial charge in [0.05, 0.1) is 12.1 Å². The van der Waals surface area contributed by atoms with Gasteiger partial charge in [0.2, 0.25) is 0 Å². The quantitative estimate of drug-likeness (QED) is 0.753. The first-order valence-corrected chi connectivity index (χ1v) is 5.13. The van der Waals surface area contributed by atoms with Crippen LogP contribution < -0.4 is 5.73 Å². The van der Waals surface area contributed by atoms with Gasteiger partial charge in [-0.15, -0.1) is 0 Å². The molecule has 88 valence electrons. The summed E-state index contributed by atoms with van der Waals surface area (Å²) in [7, 11) is 1.67. The molecule has 1 aromatic carbocycles. The first-order valence-electron chi connectivity index (χ1n) is 5.13. The van der Waals surface area contributed by atoms with E-state index in [9.17, 15) is 9.90 Å². The predicted octanol–water partition coefficient (Wildman–Crippen LogP) is 1.11. The lowest BCUT2D eigenvalue weighted by Gasteiger charge is -2.34. The molecular formula is C12H18N2O2. The van der Waals surface area contributed by atoms with Gasteiger partial charge in [-0.25, -0.2) is 0 Å². The molecule has 0 aliphatic carbocycles. The third-order valence-corrected chi connectivity index (χ3v) is 2.73. The zero-order chi connectivity index (χ0) is 12.3. The molecule has 0 fully saturated rings. The van der Waals surface area contributed by atoms with Crippen LogP contribution in [0.3, 0.4) is 0 Å². The van der Waals surface area contributed by atoms with Crippen LogP contribution in [0.15, 0.2) is 24.3 Å². The van der Waals surface area contributed by atoms with E-state index in [1.54, 1.807) is 45.2 Å². The van der Waals surface area contributed by atoms with E-state index >= 15 is 0 Å². The number of nitrogens with two attached hydrogens (primary N) is 1. The molecule has 0 aromatic heterocycles. The number of hydrogen-bond donors (Lipinski definition) is 2. The Morgan fingerprint density at radius 1 is 1.50 bits per heavy atom. The fraction of sp³-hybridized carbons (Fsp3) is 0.417. The third-order valence-electron chi connectivity index (χ3n) is 2.73. The van der Waals surface area contributed by atoms with Gasteiger partial charge in [0.1, 0.15) is 0 Å². The van der Waals surface area contributed by atoms with E-state index in [4.69, 9.17) is 5.73 Å². The summed E-state index contributed by atoms with van der Waals surface area (Å²) in [6.07, 6.45) is 0. The van der Waals surface area contributed by atoms with Gasteiger partial charge in [0.15, 0.2) is 0 Å². The lowest BCUT2D eigenvalue weighted by atomic mass is 10.0. The van der Waals surface area contributed by atoms with Crippen LogP contribution in [0.25, 0.3) is 0 Å². The fourth-order valence-electron chi connectivity index (χ4n) is 1.25. The van der Waals surface area contributed by atoms with E-state index in [0.717, 1.165) is 0 Å². The molecule has 1 aromatic rings. The van der Waals surface area contributed by atoms with Crippen LogP contribution in [0.4, 0.5) is 5.69 Å². The first-order chi connectivity index (χ1) is 7.38. The number of amides is 1. The monoisotopic (exact) mass is 222 g/mol. The fourth-order valence-corrected chi connectivity index (χ4v) is 1.25. The molecule has 0 saturated carbocycles. The Morgan fingerprint density at radius 2 is 2.12 bits per heavy atom. The molecule has 4 nitrogen and oxygen atoms in total. The second kappa shape index (κ2) is 4.53. The maximum Gasteiger partial charge on any atom is 0.254 e. The van der Waals surface area contributed by atoms with Crippen molar-refractivity contribution in [1.82, 2.24) is 4.90 Å². The van der Waals surface area contributed by atoms with Crippen molar-refractivity contribution in [3.05, 3.63) is 29.8 Å². The van der Waals surface area contributed by atoms with Crippen LogP contribution >= 0.6 is 0 Å². The predicted molar refractivity (Wildman–Crippen MR) is 64.1 cm³/mol. The number of nitrogens with zero attached hydrogens (tertiary/aromatic N) is 1. The number of rotatable bonds is 3.